The van der Waals surface area contributed by atoms with Gasteiger partial charge in [0.2, 0.25) is 0 Å². The van der Waals surface area contributed by atoms with E-state index in [9.17, 15) is 18.7 Å². The lowest BCUT2D eigenvalue weighted by atomic mass is 10.1. The molecule has 1 N–H and O–H groups in total. The van der Waals surface area contributed by atoms with E-state index in [0.29, 0.717) is 10.9 Å². The highest BCUT2D eigenvalue weighted by atomic mass is 32.2. The van der Waals surface area contributed by atoms with Crippen LogP contribution in [0.15, 0.2) is 56.6 Å². The predicted molar refractivity (Wildman–Crippen MR) is 80.1 cm³/mol. The molecule has 0 aliphatic rings. The summed E-state index contributed by atoms with van der Waals surface area (Å²) in [5, 5.41) is 10.1. The van der Waals surface area contributed by atoms with E-state index < -0.39 is 17.3 Å². The molecule has 2 aromatic carbocycles. The normalized spacial score (nSPS) is 11.0. The van der Waals surface area contributed by atoms with Gasteiger partial charge in [0.15, 0.2) is 0 Å². The summed E-state index contributed by atoms with van der Waals surface area (Å²) in [6.45, 7) is 0. The lowest BCUT2D eigenvalue weighted by Gasteiger charge is -2.06. The standard InChI is InChI=1S/C16H10F2O3S/c17-10-1-4-13(18)15(6-10)22-8-9-5-16(20)21-14-7-11(19)2-3-12(9)14/h1-7,19H,8H2. The molecule has 0 atom stereocenters. The highest BCUT2D eigenvalue weighted by molar-refractivity contribution is 7.98. The minimum atomic E-state index is -0.562. The van der Waals surface area contributed by atoms with Crippen molar-refractivity contribution in [1.82, 2.24) is 0 Å². The molecule has 1 aromatic heterocycles. The molecule has 3 nitrogen and oxygen atoms in total. The molecule has 112 valence electrons. The van der Waals surface area contributed by atoms with Crippen LogP contribution in [0, 0.1) is 11.6 Å². The van der Waals surface area contributed by atoms with Crippen LogP contribution in [0.2, 0.25) is 0 Å². The van der Waals surface area contributed by atoms with E-state index in [2.05, 4.69) is 0 Å². The zero-order chi connectivity index (χ0) is 15.7. The summed E-state index contributed by atoms with van der Waals surface area (Å²) in [6, 6.07) is 8.96. The van der Waals surface area contributed by atoms with Crippen molar-refractivity contribution in [3.8, 4) is 5.75 Å². The minimum absolute atomic E-state index is 0.0170. The Bertz CT molecular complexity index is 906. The van der Waals surface area contributed by atoms with E-state index in [1.54, 1.807) is 6.07 Å². The Morgan fingerprint density at radius 1 is 1.09 bits per heavy atom. The maximum Gasteiger partial charge on any atom is 0.336 e. The third-order valence-corrected chi connectivity index (χ3v) is 4.17. The van der Waals surface area contributed by atoms with Gasteiger partial charge in [-0.15, -0.1) is 11.8 Å². The van der Waals surface area contributed by atoms with Crippen molar-refractivity contribution in [3.05, 3.63) is 70.1 Å². The summed E-state index contributed by atoms with van der Waals surface area (Å²) in [6.07, 6.45) is 0. The quantitative estimate of drug-likeness (QED) is 0.584. The third-order valence-electron chi connectivity index (χ3n) is 3.09. The zero-order valence-electron chi connectivity index (χ0n) is 11.2. The van der Waals surface area contributed by atoms with E-state index in [-0.39, 0.29) is 22.0 Å². The number of benzene rings is 2. The molecule has 3 rings (SSSR count). The fourth-order valence-corrected chi connectivity index (χ4v) is 3.03. The summed E-state index contributed by atoms with van der Waals surface area (Å²) in [4.78, 5) is 11.7. The smallest absolute Gasteiger partial charge is 0.336 e. The Labute approximate surface area is 128 Å². The number of thioether (sulfide) groups is 1. The van der Waals surface area contributed by atoms with Gasteiger partial charge in [-0.05, 0) is 35.9 Å². The molecule has 0 fully saturated rings. The molecule has 0 unspecified atom stereocenters. The SMILES string of the molecule is O=c1cc(CSc2cc(F)ccc2F)c2ccc(O)cc2o1. The Morgan fingerprint density at radius 3 is 2.73 bits per heavy atom. The van der Waals surface area contributed by atoms with Gasteiger partial charge < -0.3 is 9.52 Å². The molecule has 22 heavy (non-hydrogen) atoms. The number of aromatic hydroxyl groups is 1. The van der Waals surface area contributed by atoms with Gasteiger partial charge in [0.1, 0.15) is 23.0 Å². The molecule has 0 aliphatic carbocycles. The summed E-state index contributed by atoms with van der Waals surface area (Å²) < 4.78 is 31.8. The van der Waals surface area contributed by atoms with Gasteiger partial charge in [0.05, 0.1) is 0 Å². The molecular formula is C16H10F2O3S. The van der Waals surface area contributed by atoms with Crippen LogP contribution in [0.5, 0.6) is 5.75 Å². The van der Waals surface area contributed by atoms with Crippen molar-refractivity contribution in [1.29, 1.82) is 0 Å². The average Bonchev–Trinajstić information content (AvgIpc) is 2.47. The van der Waals surface area contributed by atoms with Crippen molar-refractivity contribution in [2.24, 2.45) is 0 Å². The molecular weight excluding hydrogens is 310 g/mol. The number of rotatable bonds is 3. The number of phenolic OH excluding ortho intramolecular Hbond substituents is 1. The summed E-state index contributed by atoms with van der Waals surface area (Å²) >= 11 is 1.08. The number of phenols is 1. The maximum absolute atomic E-state index is 13.6. The van der Waals surface area contributed by atoms with E-state index in [0.717, 1.165) is 30.0 Å². The van der Waals surface area contributed by atoms with Gasteiger partial charge in [0, 0.05) is 28.2 Å². The highest BCUT2D eigenvalue weighted by Gasteiger charge is 2.09. The first kappa shape index (κ1) is 14.6. The Kier molecular flexibility index (Phi) is 3.85. The molecule has 0 radical (unpaired) electrons. The van der Waals surface area contributed by atoms with Crippen LogP contribution in [0.1, 0.15) is 5.56 Å². The first-order chi connectivity index (χ1) is 10.5. The Hall–Kier alpha value is -2.34. The van der Waals surface area contributed by atoms with Crippen molar-refractivity contribution < 1.29 is 18.3 Å². The second-order valence-electron chi connectivity index (χ2n) is 4.63. The van der Waals surface area contributed by atoms with Crippen LogP contribution in [0.3, 0.4) is 0 Å². The lowest BCUT2D eigenvalue weighted by Crippen LogP contribution is -2.00. The highest BCUT2D eigenvalue weighted by Crippen LogP contribution is 2.29. The Balaban J connectivity index is 1.97. The van der Waals surface area contributed by atoms with Gasteiger partial charge in [0.25, 0.3) is 0 Å². The lowest BCUT2D eigenvalue weighted by molar-refractivity contribution is 0.473. The molecule has 0 bridgehead atoms. The zero-order valence-corrected chi connectivity index (χ0v) is 12.0. The third kappa shape index (κ3) is 2.96. The first-order valence-electron chi connectivity index (χ1n) is 6.36. The molecule has 0 saturated carbocycles. The van der Waals surface area contributed by atoms with E-state index >= 15 is 0 Å². The van der Waals surface area contributed by atoms with Gasteiger partial charge >= 0.3 is 5.63 Å². The Morgan fingerprint density at radius 2 is 1.91 bits per heavy atom. The molecule has 0 spiro atoms. The summed E-state index contributed by atoms with van der Waals surface area (Å²) in [5.74, 6) is -0.785. The molecule has 1 heterocycles. The monoisotopic (exact) mass is 320 g/mol. The van der Waals surface area contributed by atoms with Crippen LogP contribution >= 0.6 is 11.8 Å². The van der Waals surface area contributed by atoms with E-state index in [1.807, 2.05) is 0 Å². The largest absolute Gasteiger partial charge is 0.508 e. The second kappa shape index (κ2) is 5.81. The van der Waals surface area contributed by atoms with Gasteiger partial charge in [-0.25, -0.2) is 13.6 Å². The predicted octanol–water partition coefficient (Wildman–Crippen LogP) is 4.07. The average molecular weight is 320 g/mol. The van der Waals surface area contributed by atoms with Crippen molar-refractivity contribution in [2.75, 3.05) is 0 Å². The van der Waals surface area contributed by atoms with Crippen LogP contribution < -0.4 is 5.63 Å². The molecule has 6 heteroatoms. The van der Waals surface area contributed by atoms with Crippen molar-refractivity contribution >= 4 is 22.7 Å². The van der Waals surface area contributed by atoms with E-state index in [1.165, 1.54) is 18.2 Å². The second-order valence-corrected chi connectivity index (χ2v) is 5.65. The van der Waals surface area contributed by atoms with Crippen LogP contribution in [-0.4, -0.2) is 5.11 Å². The fourth-order valence-electron chi connectivity index (χ4n) is 2.08. The van der Waals surface area contributed by atoms with Gasteiger partial charge in [-0.2, -0.15) is 0 Å². The fraction of sp³-hybridized carbons (Fsp3) is 0.0625. The summed E-state index contributed by atoms with van der Waals surface area (Å²) in [7, 11) is 0. The van der Waals surface area contributed by atoms with Crippen molar-refractivity contribution in [2.45, 2.75) is 10.6 Å². The van der Waals surface area contributed by atoms with Gasteiger partial charge in [-0.1, -0.05) is 0 Å². The minimum Gasteiger partial charge on any atom is -0.508 e. The van der Waals surface area contributed by atoms with Crippen molar-refractivity contribution in [3.63, 3.8) is 0 Å². The number of fused-ring (bicyclic) bond motifs is 1. The topological polar surface area (TPSA) is 50.4 Å². The first-order valence-corrected chi connectivity index (χ1v) is 7.35. The number of hydrogen-bond acceptors (Lipinski definition) is 4. The van der Waals surface area contributed by atoms with Crippen LogP contribution in [0.4, 0.5) is 8.78 Å². The molecule has 0 amide bonds. The van der Waals surface area contributed by atoms with E-state index in [4.69, 9.17) is 4.42 Å². The number of hydrogen-bond donors (Lipinski definition) is 1. The van der Waals surface area contributed by atoms with Crippen LogP contribution in [-0.2, 0) is 5.75 Å². The maximum atomic E-state index is 13.6. The molecule has 0 saturated heterocycles. The van der Waals surface area contributed by atoms with Gasteiger partial charge in [-0.3, -0.25) is 0 Å². The molecule has 0 aliphatic heterocycles. The van der Waals surface area contributed by atoms with Crippen LogP contribution in [0.25, 0.3) is 11.0 Å². The number of halogens is 2. The summed E-state index contributed by atoms with van der Waals surface area (Å²) in [5.41, 5.74) is 0.316. The molecule has 3 aromatic rings.